The molecule has 3 rings (SSSR count). The Morgan fingerprint density at radius 1 is 1.24 bits per heavy atom. The first-order chi connectivity index (χ1) is 10.4. The molecule has 1 fully saturated rings. The van der Waals surface area contributed by atoms with E-state index >= 15 is 0 Å². The highest BCUT2D eigenvalue weighted by Crippen LogP contribution is 2.40. The minimum atomic E-state index is 0.837. The quantitative estimate of drug-likeness (QED) is 0.676. The first kappa shape index (κ1) is 14.2. The number of allylic oxidation sites excluding steroid dienone is 5. The average Bonchev–Trinajstić information content (AvgIpc) is 3.37. The third kappa shape index (κ3) is 3.87. The van der Waals surface area contributed by atoms with E-state index in [-0.39, 0.29) is 0 Å². The molecule has 0 N–H and O–H groups in total. The standard InChI is InChI=1S/C20H24N/c1-2-3-15-21(16-17-7-5-4-6-8-17)20-13-11-19(12-14-20)18-9-10-18/h5-7,11-14,16,18H,2-3,8-10,15H2,1H3. The summed E-state index contributed by atoms with van der Waals surface area (Å²) in [6.45, 7) is 3.34. The van der Waals surface area contributed by atoms with Crippen molar-refractivity contribution < 1.29 is 0 Å². The summed E-state index contributed by atoms with van der Waals surface area (Å²) in [6, 6.07) is 9.20. The van der Waals surface area contributed by atoms with Gasteiger partial charge in [0.25, 0.3) is 0 Å². The second kappa shape index (κ2) is 6.80. The van der Waals surface area contributed by atoms with Crippen LogP contribution in [-0.4, -0.2) is 6.54 Å². The molecule has 0 aliphatic heterocycles. The molecule has 1 aromatic carbocycles. The fourth-order valence-corrected chi connectivity index (χ4v) is 2.72. The van der Waals surface area contributed by atoms with Gasteiger partial charge in [0.15, 0.2) is 0 Å². The maximum atomic E-state index is 3.13. The van der Waals surface area contributed by atoms with E-state index in [9.17, 15) is 0 Å². The number of nitrogens with zero attached hydrogens (tertiary/aromatic N) is 1. The minimum Gasteiger partial charge on any atom is -0.348 e. The molecule has 0 aromatic heterocycles. The fourth-order valence-electron chi connectivity index (χ4n) is 2.72. The second-order valence-electron chi connectivity index (χ2n) is 6.03. The molecule has 2 aliphatic rings. The summed E-state index contributed by atoms with van der Waals surface area (Å²) < 4.78 is 0. The van der Waals surface area contributed by atoms with Gasteiger partial charge in [0.1, 0.15) is 0 Å². The summed E-state index contributed by atoms with van der Waals surface area (Å²) in [5, 5.41) is 0. The van der Waals surface area contributed by atoms with Crippen molar-refractivity contribution in [1.29, 1.82) is 0 Å². The highest BCUT2D eigenvalue weighted by atomic mass is 15.1. The molecule has 0 spiro atoms. The second-order valence-corrected chi connectivity index (χ2v) is 6.03. The van der Waals surface area contributed by atoms with Gasteiger partial charge in [-0.15, -0.1) is 0 Å². The Balaban J connectivity index is 1.76. The number of anilines is 1. The predicted octanol–water partition coefficient (Wildman–Crippen LogP) is 5.37. The maximum absolute atomic E-state index is 3.13. The van der Waals surface area contributed by atoms with E-state index in [0.717, 1.165) is 18.9 Å². The van der Waals surface area contributed by atoms with Crippen molar-refractivity contribution in [2.45, 2.75) is 44.9 Å². The molecule has 0 atom stereocenters. The van der Waals surface area contributed by atoms with Crippen LogP contribution in [0.2, 0.25) is 0 Å². The summed E-state index contributed by atoms with van der Waals surface area (Å²) in [5.74, 6) is 0.837. The Morgan fingerprint density at radius 3 is 2.67 bits per heavy atom. The van der Waals surface area contributed by atoms with Crippen LogP contribution in [0, 0.1) is 6.08 Å². The summed E-state index contributed by atoms with van der Waals surface area (Å²) >= 11 is 0. The first-order valence-electron chi connectivity index (χ1n) is 8.18. The SMILES string of the molecule is CCCCN(C=C1C=C[C]=CC1)c1ccc(C2CC2)cc1. The fraction of sp³-hybridized carbons (Fsp3) is 0.400. The van der Waals surface area contributed by atoms with Gasteiger partial charge in [0, 0.05) is 18.4 Å². The van der Waals surface area contributed by atoms with Crippen LogP contribution in [-0.2, 0) is 0 Å². The molecule has 1 nitrogen and oxygen atoms in total. The molecular formula is C20H24N. The van der Waals surface area contributed by atoms with Crippen LogP contribution in [0.25, 0.3) is 0 Å². The van der Waals surface area contributed by atoms with Gasteiger partial charge in [0.05, 0.1) is 0 Å². The van der Waals surface area contributed by atoms with Crippen molar-refractivity contribution in [1.82, 2.24) is 0 Å². The minimum absolute atomic E-state index is 0.837. The van der Waals surface area contributed by atoms with Crippen LogP contribution in [0.5, 0.6) is 0 Å². The molecule has 1 saturated carbocycles. The van der Waals surface area contributed by atoms with Gasteiger partial charge >= 0.3 is 0 Å². The van der Waals surface area contributed by atoms with E-state index < -0.39 is 0 Å². The zero-order valence-electron chi connectivity index (χ0n) is 12.9. The molecule has 1 aromatic rings. The van der Waals surface area contributed by atoms with Gasteiger partial charge in [-0.05, 0) is 60.9 Å². The summed E-state index contributed by atoms with van der Waals surface area (Å²) in [6.07, 6.45) is 17.9. The number of rotatable bonds is 6. The van der Waals surface area contributed by atoms with Crippen LogP contribution in [0.4, 0.5) is 5.69 Å². The smallest absolute Gasteiger partial charge is 0.0406 e. The molecule has 0 amide bonds. The monoisotopic (exact) mass is 278 g/mol. The van der Waals surface area contributed by atoms with Crippen molar-refractivity contribution in [3.63, 3.8) is 0 Å². The predicted molar refractivity (Wildman–Crippen MR) is 90.3 cm³/mol. The van der Waals surface area contributed by atoms with E-state index in [1.807, 2.05) is 6.08 Å². The number of hydrogen-bond acceptors (Lipinski definition) is 1. The van der Waals surface area contributed by atoms with Gasteiger partial charge in [-0.1, -0.05) is 43.7 Å². The maximum Gasteiger partial charge on any atom is 0.0406 e. The molecule has 0 unspecified atom stereocenters. The molecule has 2 aliphatic carbocycles. The lowest BCUT2D eigenvalue weighted by molar-refractivity contribution is 0.780. The van der Waals surface area contributed by atoms with Crippen molar-refractivity contribution in [2.24, 2.45) is 0 Å². The molecular weight excluding hydrogens is 254 g/mol. The zero-order chi connectivity index (χ0) is 14.5. The van der Waals surface area contributed by atoms with Gasteiger partial charge in [0.2, 0.25) is 0 Å². The molecule has 1 radical (unpaired) electrons. The summed E-state index contributed by atoms with van der Waals surface area (Å²) in [7, 11) is 0. The van der Waals surface area contributed by atoms with Crippen molar-refractivity contribution in [2.75, 3.05) is 11.4 Å². The number of unbranched alkanes of at least 4 members (excludes halogenated alkanes) is 1. The lowest BCUT2D eigenvalue weighted by Crippen LogP contribution is -2.18. The van der Waals surface area contributed by atoms with E-state index in [2.05, 4.69) is 60.5 Å². The van der Waals surface area contributed by atoms with E-state index in [4.69, 9.17) is 0 Å². The van der Waals surface area contributed by atoms with Crippen LogP contribution >= 0.6 is 0 Å². The highest BCUT2D eigenvalue weighted by molar-refractivity contribution is 5.52. The van der Waals surface area contributed by atoms with E-state index in [1.54, 1.807) is 0 Å². The van der Waals surface area contributed by atoms with Crippen molar-refractivity contribution >= 4 is 5.69 Å². The van der Waals surface area contributed by atoms with Crippen LogP contribution in [0.1, 0.15) is 50.5 Å². The van der Waals surface area contributed by atoms with E-state index in [0.29, 0.717) is 0 Å². The Morgan fingerprint density at radius 2 is 2.05 bits per heavy atom. The van der Waals surface area contributed by atoms with Gasteiger partial charge in [-0.2, -0.15) is 0 Å². The average molecular weight is 278 g/mol. The lowest BCUT2D eigenvalue weighted by atomic mass is 10.1. The third-order valence-electron chi connectivity index (χ3n) is 4.20. The third-order valence-corrected chi connectivity index (χ3v) is 4.20. The molecule has 0 heterocycles. The normalized spacial score (nSPS) is 19.2. The van der Waals surface area contributed by atoms with Crippen LogP contribution in [0.15, 0.2) is 54.3 Å². The Labute approximate surface area is 128 Å². The molecule has 0 bridgehead atoms. The van der Waals surface area contributed by atoms with Gasteiger partial charge in [-0.25, -0.2) is 0 Å². The number of benzene rings is 1. The Kier molecular flexibility index (Phi) is 4.59. The lowest BCUT2D eigenvalue weighted by Gasteiger charge is -2.22. The largest absolute Gasteiger partial charge is 0.348 e. The summed E-state index contributed by atoms with van der Waals surface area (Å²) in [4.78, 5) is 2.40. The molecule has 0 saturated heterocycles. The summed E-state index contributed by atoms with van der Waals surface area (Å²) in [5.41, 5.74) is 4.18. The molecule has 21 heavy (non-hydrogen) atoms. The first-order valence-corrected chi connectivity index (χ1v) is 8.18. The molecule has 109 valence electrons. The van der Waals surface area contributed by atoms with Gasteiger partial charge < -0.3 is 4.90 Å². The highest BCUT2D eigenvalue weighted by Gasteiger charge is 2.23. The van der Waals surface area contributed by atoms with Gasteiger partial charge in [-0.3, -0.25) is 0 Å². The van der Waals surface area contributed by atoms with Crippen LogP contribution in [0.3, 0.4) is 0 Å². The molecule has 1 heteroatoms. The topological polar surface area (TPSA) is 3.24 Å². The van der Waals surface area contributed by atoms with Crippen LogP contribution < -0.4 is 4.90 Å². The Hall–Kier alpha value is -1.76. The zero-order valence-corrected chi connectivity index (χ0v) is 12.9. The van der Waals surface area contributed by atoms with Crippen molar-refractivity contribution in [3.8, 4) is 0 Å². The Bertz CT molecular complexity index is 544. The van der Waals surface area contributed by atoms with E-state index in [1.165, 1.54) is 42.5 Å². The van der Waals surface area contributed by atoms with Crippen molar-refractivity contribution in [3.05, 3.63) is 65.9 Å². The number of hydrogen-bond donors (Lipinski definition) is 0.